The van der Waals surface area contributed by atoms with Crippen molar-refractivity contribution in [3.63, 3.8) is 0 Å². The Kier molecular flexibility index (Phi) is 5.49. The van der Waals surface area contributed by atoms with Gasteiger partial charge in [0.15, 0.2) is 11.5 Å². The van der Waals surface area contributed by atoms with Gasteiger partial charge >= 0.3 is 0 Å². The van der Waals surface area contributed by atoms with Crippen molar-refractivity contribution in [2.75, 3.05) is 14.2 Å². The average molecular weight is 251 g/mol. The third-order valence-electron chi connectivity index (χ3n) is 2.99. The van der Waals surface area contributed by atoms with E-state index in [9.17, 15) is 4.79 Å². The second-order valence-corrected chi connectivity index (χ2v) is 4.53. The van der Waals surface area contributed by atoms with Crippen LogP contribution in [0.1, 0.15) is 19.4 Å². The molecule has 1 unspecified atom stereocenters. The highest BCUT2D eigenvalue weighted by Gasteiger charge is 2.14. The van der Waals surface area contributed by atoms with E-state index in [4.69, 9.17) is 9.47 Å². The summed E-state index contributed by atoms with van der Waals surface area (Å²) in [6.07, 6.45) is 1.53. The Balaban J connectivity index is 2.86. The summed E-state index contributed by atoms with van der Waals surface area (Å²) in [5.41, 5.74) is 1.11. The van der Waals surface area contributed by atoms with Crippen LogP contribution < -0.4 is 14.8 Å². The summed E-state index contributed by atoms with van der Waals surface area (Å²) in [5.74, 6) is 1.80. The lowest BCUT2D eigenvalue weighted by Gasteiger charge is -2.20. The number of rotatable bonds is 7. The van der Waals surface area contributed by atoms with Crippen molar-refractivity contribution in [2.24, 2.45) is 5.92 Å². The molecule has 100 valence electrons. The minimum absolute atomic E-state index is 0.126. The Morgan fingerprint density at radius 3 is 2.39 bits per heavy atom. The van der Waals surface area contributed by atoms with Gasteiger partial charge in [-0.2, -0.15) is 0 Å². The number of carbonyl (C=O) groups excluding carboxylic acids is 1. The molecule has 1 aromatic rings. The van der Waals surface area contributed by atoms with Crippen molar-refractivity contribution in [1.82, 2.24) is 5.32 Å². The number of carbonyl (C=O) groups is 1. The van der Waals surface area contributed by atoms with Gasteiger partial charge in [-0.25, -0.2) is 0 Å². The van der Waals surface area contributed by atoms with Crippen LogP contribution in [0.3, 0.4) is 0 Å². The van der Waals surface area contributed by atoms with E-state index in [0.717, 1.165) is 18.4 Å². The molecule has 0 aromatic heterocycles. The first kappa shape index (κ1) is 14.4. The van der Waals surface area contributed by atoms with Crippen LogP contribution in [0.15, 0.2) is 18.2 Å². The summed E-state index contributed by atoms with van der Waals surface area (Å²) in [7, 11) is 3.23. The first-order chi connectivity index (χ1) is 8.62. The second kappa shape index (κ2) is 6.89. The molecule has 1 rings (SSSR count). The molecule has 1 N–H and O–H groups in total. The van der Waals surface area contributed by atoms with Crippen molar-refractivity contribution in [2.45, 2.75) is 26.3 Å². The molecule has 0 saturated heterocycles. The largest absolute Gasteiger partial charge is 0.493 e. The Morgan fingerprint density at radius 2 is 1.89 bits per heavy atom. The highest BCUT2D eigenvalue weighted by atomic mass is 16.5. The minimum atomic E-state index is 0.126. The number of hydrogen-bond donors (Lipinski definition) is 1. The Labute approximate surface area is 108 Å². The summed E-state index contributed by atoms with van der Waals surface area (Å²) < 4.78 is 10.5. The van der Waals surface area contributed by atoms with E-state index in [1.54, 1.807) is 14.2 Å². The molecule has 0 aliphatic carbocycles. The Hall–Kier alpha value is -1.71. The molecule has 4 heteroatoms. The van der Waals surface area contributed by atoms with Crippen molar-refractivity contribution in [1.29, 1.82) is 0 Å². The van der Waals surface area contributed by atoms with Gasteiger partial charge in [0, 0.05) is 6.04 Å². The van der Waals surface area contributed by atoms with E-state index in [1.165, 1.54) is 0 Å². The van der Waals surface area contributed by atoms with Gasteiger partial charge in [-0.3, -0.25) is 4.79 Å². The zero-order valence-corrected chi connectivity index (χ0v) is 11.4. The molecule has 0 radical (unpaired) electrons. The van der Waals surface area contributed by atoms with Crippen LogP contribution in [0.25, 0.3) is 0 Å². The van der Waals surface area contributed by atoms with Gasteiger partial charge in [-0.15, -0.1) is 0 Å². The average Bonchev–Trinajstić information content (AvgIpc) is 2.37. The van der Waals surface area contributed by atoms with E-state index in [1.807, 2.05) is 18.2 Å². The Bertz CT molecular complexity index is 391. The summed E-state index contributed by atoms with van der Waals surface area (Å²) >= 11 is 0. The van der Waals surface area contributed by atoms with E-state index in [-0.39, 0.29) is 6.04 Å². The minimum Gasteiger partial charge on any atom is -0.493 e. The van der Waals surface area contributed by atoms with Gasteiger partial charge in [0.25, 0.3) is 0 Å². The van der Waals surface area contributed by atoms with E-state index in [0.29, 0.717) is 17.4 Å². The number of amides is 1. The fourth-order valence-electron chi connectivity index (χ4n) is 1.84. The highest BCUT2D eigenvalue weighted by Crippen LogP contribution is 2.28. The number of nitrogens with one attached hydrogen (secondary N) is 1. The van der Waals surface area contributed by atoms with Gasteiger partial charge in [-0.1, -0.05) is 19.9 Å². The van der Waals surface area contributed by atoms with Crippen LogP contribution in [0.4, 0.5) is 0 Å². The molecule has 0 bridgehead atoms. The zero-order chi connectivity index (χ0) is 13.5. The molecule has 0 aliphatic rings. The van der Waals surface area contributed by atoms with Crippen LogP contribution >= 0.6 is 0 Å². The number of hydrogen-bond acceptors (Lipinski definition) is 3. The van der Waals surface area contributed by atoms with E-state index in [2.05, 4.69) is 19.2 Å². The van der Waals surface area contributed by atoms with Crippen molar-refractivity contribution < 1.29 is 14.3 Å². The standard InChI is InChI=1S/C14H21NO3/c1-10(2)12(15-9-16)7-11-5-6-13(17-3)14(8-11)18-4/h5-6,8-10,12H,7H2,1-4H3,(H,15,16). The monoisotopic (exact) mass is 251 g/mol. The van der Waals surface area contributed by atoms with Gasteiger partial charge in [-0.05, 0) is 30.0 Å². The topological polar surface area (TPSA) is 47.6 Å². The van der Waals surface area contributed by atoms with Crippen molar-refractivity contribution in [3.8, 4) is 11.5 Å². The lowest BCUT2D eigenvalue weighted by atomic mass is 9.96. The van der Waals surface area contributed by atoms with Crippen molar-refractivity contribution in [3.05, 3.63) is 23.8 Å². The van der Waals surface area contributed by atoms with Crippen LogP contribution in [0.5, 0.6) is 11.5 Å². The van der Waals surface area contributed by atoms with Crippen LogP contribution in [0, 0.1) is 5.92 Å². The third-order valence-corrected chi connectivity index (χ3v) is 2.99. The van der Waals surface area contributed by atoms with Gasteiger partial charge in [0.1, 0.15) is 0 Å². The van der Waals surface area contributed by atoms with E-state index < -0.39 is 0 Å². The smallest absolute Gasteiger partial charge is 0.207 e. The molecule has 1 amide bonds. The molecule has 0 aliphatic heterocycles. The van der Waals surface area contributed by atoms with Crippen LogP contribution in [-0.2, 0) is 11.2 Å². The molecular formula is C14H21NO3. The lowest BCUT2D eigenvalue weighted by Crippen LogP contribution is -2.34. The molecule has 0 spiro atoms. The maximum atomic E-state index is 10.6. The fourth-order valence-corrected chi connectivity index (χ4v) is 1.84. The molecule has 1 atom stereocenters. The number of benzene rings is 1. The van der Waals surface area contributed by atoms with Crippen LogP contribution in [0.2, 0.25) is 0 Å². The zero-order valence-electron chi connectivity index (χ0n) is 11.4. The SMILES string of the molecule is COc1ccc(CC(NC=O)C(C)C)cc1OC. The maximum absolute atomic E-state index is 10.6. The predicted molar refractivity (Wildman–Crippen MR) is 71.1 cm³/mol. The summed E-state index contributed by atoms with van der Waals surface area (Å²) in [4.78, 5) is 10.6. The molecular weight excluding hydrogens is 230 g/mol. The fraction of sp³-hybridized carbons (Fsp3) is 0.500. The number of ether oxygens (including phenoxy) is 2. The number of methoxy groups -OCH3 is 2. The Morgan fingerprint density at radius 1 is 1.22 bits per heavy atom. The molecule has 0 heterocycles. The summed E-state index contributed by atoms with van der Waals surface area (Å²) in [5, 5.41) is 2.84. The normalized spacial score (nSPS) is 12.1. The molecule has 0 fully saturated rings. The summed E-state index contributed by atoms with van der Waals surface area (Å²) in [6.45, 7) is 4.17. The summed E-state index contributed by atoms with van der Waals surface area (Å²) in [6, 6.07) is 5.94. The molecule has 0 saturated carbocycles. The van der Waals surface area contributed by atoms with Gasteiger partial charge < -0.3 is 14.8 Å². The highest BCUT2D eigenvalue weighted by molar-refractivity contribution is 5.47. The van der Waals surface area contributed by atoms with Gasteiger partial charge in [0.05, 0.1) is 14.2 Å². The lowest BCUT2D eigenvalue weighted by molar-refractivity contribution is -0.110. The molecule has 1 aromatic carbocycles. The molecule has 18 heavy (non-hydrogen) atoms. The second-order valence-electron chi connectivity index (χ2n) is 4.53. The van der Waals surface area contributed by atoms with E-state index >= 15 is 0 Å². The third kappa shape index (κ3) is 3.65. The first-order valence-corrected chi connectivity index (χ1v) is 6.03. The maximum Gasteiger partial charge on any atom is 0.207 e. The van der Waals surface area contributed by atoms with Gasteiger partial charge in [0.2, 0.25) is 6.41 Å². The quantitative estimate of drug-likeness (QED) is 0.754. The van der Waals surface area contributed by atoms with Crippen molar-refractivity contribution >= 4 is 6.41 Å². The first-order valence-electron chi connectivity index (χ1n) is 6.03. The predicted octanol–water partition coefficient (Wildman–Crippen LogP) is 2.02. The molecule has 4 nitrogen and oxygen atoms in total. The van der Waals surface area contributed by atoms with Crippen LogP contribution in [-0.4, -0.2) is 26.7 Å².